The number of ether oxygens (including phenoxy) is 2. The number of Topliss-reactive ketones (excluding diaryl/α,β-unsaturated/α-hetero) is 1. The summed E-state index contributed by atoms with van der Waals surface area (Å²) in [5.74, 6) is -1.68. The number of esters is 2. The van der Waals surface area contributed by atoms with Gasteiger partial charge in [0.15, 0.2) is 5.78 Å². The minimum Gasteiger partial charge on any atom is -0.463 e. The highest BCUT2D eigenvalue weighted by molar-refractivity contribution is 6.81. The van der Waals surface area contributed by atoms with Crippen LogP contribution < -0.4 is 9.62 Å². The van der Waals surface area contributed by atoms with Crippen molar-refractivity contribution in [1.82, 2.24) is 0 Å². The molecule has 0 fully saturated rings. The van der Waals surface area contributed by atoms with E-state index in [2.05, 4.69) is 101 Å². The standard InChI is InChI=1S/C41H51BN2O5/c1-11-48-40(46)35(39(45)30-18-14-13-15-19-30)36(41(47)49-12-2)42-43(37-31(26(3)4)20-16-21-32(37)27(5)6)24-25-44(42)38-33(28(7)8)22-17-23-34(38)29(9)10/h13-29H,11-12H2,1-10H3/b36-35-. The maximum atomic E-state index is 14.5. The van der Waals surface area contributed by atoms with Gasteiger partial charge in [-0.05, 0) is 59.8 Å². The summed E-state index contributed by atoms with van der Waals surface area (Å²) < 4.78 is 11.3. The van der Waals surface area contributed by atoms with Crippen molar-refractivity contribution < 1.29 is 23.9 Å². The SMILES string of the molecule is CCOC(=O)/C(B1N(c2c(C(C)C)cccc2C(C)C)C=CN1c1c(C(C)C)cccc1C(C)C)=C(/C(=O)OCC)C(=O)c1ccccc1. The van der Waals surface area contributed by atoms with Gasteiger partial charge in [0.2, 0.25) is 0 Å². The van der Waals surface area contributed by atoms with Crippen LogP contribution in [0, 0.1) is 0 Å². The first-order valence-electron chi connectivity index (χ1n) is 17.5. The number of nitrogens with zero attached hydrogens (tertiary/aromatic N) is 2. The summed E-state index contributed by atoms with van der Waals surface area (Å²) in [6.07, 6.45) is 3.93. The number of hydrogen-bond acceptors (Lipinski definition) is 7. The minimum absolute atomic E-state index is 0.0260. The van der Waals surface area contributed by atoms with E-state index in [0.29, 0.717) is 0 Å². The first kappa shape index (κ1) is 37.2. The molecule has 4 rings (SSSR count). The average Bonchev–Trinajstić information content (AvgIpc) is 3.50. The fourth-order valence-electron chi connectivity index (χ4n) is 6.54. The van der Waals surface area contributed by atoms with Crippen LogP contribution in [0.5, 0.6) is 0 Å². The molecule has 0 saturated heterocycles. The van der Waals surface area contributed by atoms with Gasteiger partial charge >= 0.3 is 18.9 Å². The number of ketones is 1. The van der Waals surface area contributed by atoms with Crippen LogP contribution in [-0.2, 0) is 19.1 Å². The second-order valence-corrected chi connectivity index (χ2v) is 13.6. The molecule has 3 aromatic carbocycles. The lowest BCUT2D eigenvalue weighted by atomic mass is 9.60. The molecule has 0 bridgehead atoms. The third-order valence-electron chi connectivity index (χ3n) is 8.88. The smallest absolute Gasteiger partial charge is 0.428 e. The molecule has 0 amide bonds. The van der Waals surface area contributed by atoms with Crippen molar-refractivity contribution in [2.24, 2.45) is 0 Å². The van der Waals surface area contributed by atoms with E-state index in [1.54, 1.807) is 44.2 Å². The Morgan fingerprint density at radius 3 is 1.33 bits per heavy atom. The Hall–Kier alpha value is -4.59. The Kier molecular flexibility index (Phi) is 12.3. The Morgan fingerprint density at radius 1 is 0.571 bits per heavy atom. The first-order valence-corrected chi connectivity index (χ1v) is 17.5. The third-order valence-corrected chi connectivity index (χ3v) is 8.88. The fraction of sp³-hybridized carbons (Fsp3) is 0.390. The van der Waals surface area contributed by atoms with Gasteiger partial charge in [0, 0.05) is 29.3 Å². The lowest BCUT2D eigenvalue weighted by molar-refractivity contribution is -0.141. The van der Waals surface area contributed by atoms with Crippen molar-refractivity contribution in [3.8, 4) is 0 Å². The molecule has 0 atom stereocenters. The molecular weight excluding hydrogens is 611 g/mol. The van der Waals surface area contributed by atoms with E-state index in [0.717, 1.165) is 33.6 Å². The van der Waals surface area contributed by atoms with Crippen LogP contribution in [0.2, 0.25) is 0 Å². The van der Waals surface area contributed by atoms with Crippen LogP contribution in [-0.4, -0.2) is 37.9 Å². The highest BCUT2D eigenvalue weighted by Crippen LogP contribution is 2.44. The van der Waals surface area contributed by atoms with Crippen molar-refractivity contribution in [3.63, 3.8) is 0 Å². The maximum absolute atomic E-state index is 14.5. The fourth-order valence-corrected chi connectivity index (χ4v) is 6.54. The molecule has 0 N–H and O–H groups in total. The lowest BCUT2D eigenvalue weighted by Gasteiger charge is -2.36. The van der Waals surface area contributed by atoms with E-state index in [9.17, 15) is 14.4 Å². The van der Waals surface area contributed by atoms with E-state index >= 15 is 0 Å². The van der Waals surface area contributed by atoms with Crippen LogP contribution in [0.3, 0.4) is 0 Å². The van der Waals surface area contributed by atoms with Crippen molar-refractivity contribution in [2.75, 3.05) is 22.8 Å². The molecule has 49 heavy (non-hydrogen) atoms. The summed E-state index contributed by atoms with van der Waals surface area (Å²) in [7, 11) is 0. The molecule has 8 heteroatoms. The number of hydrogen-bond donors (Lipinski definition) is 0. The van der Waals surface area contributed by atoms with Crippen molar-refractivity contribution in [2.45, 2.75) is 92.9 Å². The zero-order valence-electron chi connectivity index (χ0n) is 30.7. The second-order valence-electron chi connectivity index (χ2n) is 13.6. The largest absolute Gasteiger partial charge is 0.463 e. The molecule has 1 aliphatic heterocycles. The first-order chi connectivity index (χ1) is 23.3. The molecule has 1 aliphatic rings. The Balaban J connectivity index is 2.22. The van der Waals surface area contributed by atoms with Crippen LogP contribution in [0.4, 0.5) is 11.4 Å². The van der Waals surface area contributed by atoms with Gasteiger partial charge in [-0.3, -0.25) is 4.79 Å². The van der Waals surface area contributed by atoms with Crippen molar-refractivity contribution in [1.29, 1.82) is 0 Å². The molecule has 0 radical (unpaired) electrons. The zero-order valence-corrected chi connectivity index (χ0v) is 30.7. The van der Waals surface area contributed by atoms with Gasteiger partial charge in [0.05, 0.1) is 18.7 Å². The quantitative estimate of drug-likeness (QED) is 0.0451. The lowest BCUT2D eigenvalue weighted by Crippen LogP contribution is -2.51. The number of anilines is 2. The molecule has 3 aromatic rings. The predicted molar refractivity (Wildman–Crippen MR) is 200 cm³/mol. The van der Waals surface area contributed by atoms with E-state index in [1.165, 1.54) is 0 Å². The highest BCUT2D eigenvalue weighted by Gasteiger charge is 2.48. The van der Waals surface area contributed by atoms with Gasteiger partial charge in [-0.1, -0.05) is 122 Å². The summed E-state index contributed by atoms with van der Waals surface area (Å²) in [6, 6.07) is 21.1. The van der Waals surface area contributed by atoms with Gasteiger partial charge in [0.1, 0.15) is 5.57 Å². The van der Waals surface area contributed by atoms with Gasteiger partial charge < -0.3 is 19.1 Å². The summed E-state index contributed by atoms with van der Waals surface area (Å²) in [5, 5.41) is 0. The van der Waals surface area contributed by atoms with E-state index in [-0.39, 0.29) is 53.5 Å². The Labute approximate surface area is 293 Å². The van der Waals surface area contributed by atoms with E-state index in [4.69, 9.17) is 9.47 Å². The van der Waals surface area contributed by atoms with Crippen molar-refractivity contribution in [3.05, 3.63) is 118 Å². The Bertz CT molecular complexity index is 1600. The van der Waals surface area contributed by atoms with E-state index < -0.39 is 24.7 Å². The molecular formula is C41H51BN2O5. The predicted octanol–water partition coefficient (Wildman–Crippen LogP) is 9.31. The number of benzene rings is 3. The molecule has 0 aromatic heterocycles. The van der Waals surface area contributed by atoms with Crippen LogP contribution in [0.1, 0.15) is 126 Å². The maximum Gasteiger partial charge on any atom is 0.428 e. The highest BCUT2D eigenvalue weighted by atomic mass is 16.5. The number of para-hydroxylation sites is 2. The van der Waals surface area contributed by atoms with Gasteiger partial charge in [-0.2, -0.15) is 0 Å². The van der Waals surface area contributed by atoms with Crippen LogP contribution in [0.15, 0.2) is 90.2 Å². The summed E-state index contributed by atoms with van der Waals surface area (Å²) in [4.78, 5) is 47.2. The monoisotopic (exact) mass is 662 g/mol. The third kappa shape index (κ3) is 7.69. The molecule has 7 nitrogen and oxygen atoms in total. The van der Waals surface area contributed by atoms with Crippen LogP contribution in [0.25, 0.3) is 0 Å². The summed E-state index contributed by atoms with van der Waals surface area (Å²) in [5.41, 5.74) is 6.06. The Morgan fingerprint density at radius 2 is 0.959 bits per heavy atom. The van der Waals surface area contributed by atoms with Gasteiger partial charge in [-0.25, -0.2) is 9.59 Å². The molecule has 0 spiro atoms. The zero-order chi connectivity index (χ0) is 36.0. The molecule has 1 heterocycles. The topological polar surface area (TPSA) is 76.2 Å². The number of carbonyl (C=O) groups is 3. The molecule has 258 valence electrons. The van der Waals surface area contributed by atoms with Crippen LogP contribution >= 0.6 is 0 Å². The second kappa shape index (κ2) is 16.2. The van der Waals surface area contributed by atoms with Crippen molar-refractivity contribution >= 4 is 36.1 Å². The van der Waals surface area contributed by atoms with Gasteiger partial charge in [0.25, 0.3) is 0 Å². The molecule has 0 saturated carbocycles. The number of rotatable bonds is 13. The minimum atomic E-state index is -0.957. The van der Waals surface area contributed by atoms with E-state index in [1.807, 2.05) is 12.4 Å². The molecule has 0 aliphatic carbocycles. The van der Waals surface area contributed by atoms with Gasteiger partial charge in [-0.15, -0.1) is 0 Å². The molecule has 0 unspecified atom stereocenters. The average molecular weight is 663 g/mol. The summed E-state index contributed by atoms with van der Waals surface area (Å²) >= 11 is 0. The normalized spacial score (nSPS) is 13.6. The summed E-state index contributed by atoms with van der Waals surface area (Å²) in [6.45, 7) is 19.7. The number of carbonyl (C=O) groups excluding carboxylic acids is 3.